The lowest BCUT2D eigenvalue weighted by atomic mass is 9.76. The summed E-state index contributed by atoms with van der Waals surface area (Å²) in [7, 11) is 0. The van der Waals surface area contributed by atoms with Crippen molar-refractivity contribution in [2.75, 3.05) is 26.1 Å². The Hall–Kier alpha value is -2.21. The molecule has 1 amide bonds. The van der Waals surface area contributed by atoms with Crippen LogP contribution >= 0.6 is 11.8 Å². The molecule has 0 N–H and O–H groups in total. The first-order valence-corrected chi connectivity index (χ1v) is 10.5. The predicted molar refractivity (Wildman–Crippen MR) is 106 cm³/mol. The van der Waals surface area contributed by atoms with Crippen LogP contribution < -0.4 is 9.47 Å². The third-order valence-corrected chi connectivity index (χ3v) is 6.04. The standard InChI is InChI=1S/C21H24N2O3S/c1-21(12-15-6-7-17-18(11-15)26-14-25-17)8-4-10-23(13-21)20(24)16-5-3-9-22-19(16)27-2/h3,5-7,9,11H,4,8,10,12-14H2,1-2H3. The van der Waals surface area contributed by atoms with E-state index in [1.54, 1.807) is 6.20 Å². The highest BCUT2D eigenvalue weighted by Gasteiger charge is 2.34. The summed E-state index contributed by atoms with van der Waals surface area (Å²) in [5, 5.41) is 0.797. The van der Waals surface area contributed by atoms with Gasteiger partial charge in [-0.2, -0.15) is 0 Å². The van der Waals surface area contributed by atoms with E-state index in [4.69, 9.17) is 9.47 Å². The van der Waals surface area contributed by atoms with Crippen LogP contribution in [0.5, 0.6) is 11.5 Å². The number of hydrogen-bond acceptors (Lipinski definition) is 5. The molecule has 0 saturated carbocycles. The first kappa shape index (κ1) is 18.2. The van der Waals surface area contributed by atoms with E-state index in [-0.39, 0.29) is 11.3 Å². The summed E-state index contributed by atoms with van der Waals surface area (Å²) in [6.45, 7) is 4.12. The molecule has 142 valence electrons. The number of likely N-dealkylation sites (tertiary alicyclic amines) is 1. The molecule has 0 aliphatic carbocycles. The van der Waals surface area contributed by atoms with E-state index in [1.807, 2.05) is 29.4 Å². The van der Waals surface area contributed by atoms with Crippen LogP contribution in [0.25, 0.3) is 0 Å². The zero-order valence-corrected chi connectivity index (χ0v) is 16.6. The monoisotopic (exact) mass is 384 g/mol. The van der Waals surface area contributed by atoms with Gasteiger partial charge in [-0.3, -0.25) is 4.79 Å². The van der Waals surface area contributed by atoms with Gasteiger partial charge in [0.2, 0.25) is 6.79 Å². The minimum Gasteiger partial charge on any atom is -0.454 e. The third kappa shape index (κ3) is 3.76. The molecule has 1 fully saturated rings. The SMILES string of the molecule is CSc1ncccc1C(=O)N1CCCC(C)(Cc2ccc3c(c2)OCO3)C1. The molecule has 1 saturated heterocycles. The first-order chi connectivity index (χ1) is 13.1. The Morgan fingerprint density at radius 3 is 3.00 bits per heavy atom. The highest BCUT2D eigenvalue weighted by Crippen LogP contribution is 2.38. The highest BCUT2D eigenvalue weighted by atomic mass is 32.2. The van der Waals surface area contributed by atoms with Crippen molar-refractivity contribution in [3.63, 3.8) is 0 Å². The Labute approximate surface area is 164 Å². The van der Waals surface area contributed by atoms with Crippen LogP contribution in [0.1, 0.15) is 35.7 Å². The van der Waals surface area contributed by atoms with Gasteiger partial charge >= 0.3 is 0 Å². The van der Waals surface area contributed by atoms with Gasteiger partial charge in [-0.25, -0.2) is 4.98 Å². The molecule has 1 aromatic heterocycles. The molecule has 4 rings (SSSR count). The molecule has 2 aliphatic rings. The number of piperidine rings is 1. The molecule has 0 spiro atoms. The third-order valence-electron chi connectivity index (χ3n) is 5.33. The summed E-state index contributed by atoms with van der Waals surface area (Å²) in [6.07, 6.45) is 6.73. The average molecular weight is 385 g/mol. The fourth-order valence-corrected chi connectivity index (χ4v) is 4.61. The van der Waals surface area contributed by atoms with Gasteiger partial charge in [0.1, 0.15) is 5.03 Å². The fourth-order valence-electron chi connectivity index (χ4n) is 4.06. The number of carbonyl (C=O) groups excluding carboxylic acids is 1. The van der Waals surface area contributed by atoms with Gasteiger partial charge in [0.15, 0.2) is 11.5 Å². The summed E-state index contributed by atoms with van der Waals surface area (Å²) < 4.78 is 10.9. The van der Waals surface area contributed by atoms with Crippen LogP contribution in [0.15, 0.2) is 41.6 Å². The Balaban J connectivity index is 1.50. The molecule has 27 heavy (non-hydrogen) atoms. The maximum Gasteiger partial charge on any atom is 0.256 e. The van der Waals surface area contributed by atoms with Crippen LogP contribution in [0.2, 0.25) is 0 Å². The summed E-state index contributed by atoms with van der Waals surface area (Å²) in [5.41, 5.74) is 1.98. The van der Waals surface area contributed by atoms with Gasteiger partial charge in [-0.05, 0) is 60.8 Å². The van der Waals surface area contributed by atoms with Gasteiger partial charge < -0.3 is 14.4 Å². The molecule has 1 aromatic carbocycles. The van der Waals surface area contributed by atoms with E-state index in [0.29, 0.717) is 12.4 Å². The molecule has 2 aliphatic heterocycles. The maximum absolute atomic E-state index is 13.1. The second kappa shape index (κ2) is 7.43. The van der Waals surface area contributed by atoms with E-state index in [9.17, 15) is 4.79 Å². The van der Waals surface area contributed by atoms with Gasteiger partial charge in [0.25, 0.3) is 5.91 Å². The van der Waals surface area contributed by atoms with E-state index in [2.05, 4.69) is 24.0 Å². The Morgan fingerprint density at radius 1 is 1.30 bits per heavy atom. The van der Waals surface area contributed by atoms with Crippen molar-refractivity contribution in [2.45, 2.75) is 31.2 Å². The zero-order chi connectivity index (χ0) is 18.9. The number of fused-ring (bicyclic) bond motifs is 1. The molecule has 3 heterocycles. The van der Waals surface area contributed by atoms with Crippen LogP contribution in [-0.4, -0.2) is 41.9 Å². The molecule has 0 bridgehead atoms. The molecule has 5 nitrogen and oxygen atoms in total. The van der Waals surface area contributed by atoms with E-state index in [1.165, 1.54) is 17.3 Å². The van der Waals surface area contributed by atoms with Gasteiger partial charge in [-0.1, -0.05) is 13.0 Å². The van der Waals surface area contributed by atoms with Crippen molar-refractivity contribution < 1.29 is 14.3 Å². The number of amides is 1. The lowest BCUT2D eigenvalue weighted by Crippen LogP contribution is -2.46. The fraction of sp³-hybridized carbons (Fsp3) is 0.429. The summed E-state index contributed by atoms with van der Waals surface area (Å²) in [5.74, 6) is 1.72. The van der Waals surface area contributed by atoms with Crippen LogP contribution in [-0.2, 0) is 6.42 Å². The first-order valence-electron chi connectivity index (χ1n) is 9.25. The van der Waals surface area contributed by atoms with E-state index in [0.717, 1.165) is 48.9 Å². The smallest absolute Gasteiger partial charge is 0.256 e. The summed E-state index contributed by atoms with van der Waals surface area (Å²) in [6, 6.07) is 9.87. The Bertz CT molecular complexity index is 857. The van der Waals surface area contributed by atoms with Crippen molar-refractivity contribution in [3.8, 4) is 11.5 Å². The number of pyridine rings is 1. The second-order valence-corrected chi connectivity index (χ2v) is 8.36. The summed E-state index contributed by atoms with van der Waals surface area (Å²) >= 11 is 1.52. The normalized spacial score (nSPS) is 21.3. The van der Waals surface area contributed by atoms with Crippen molar-refractivity contribution in [1.82, 2.24) is 9.88 Å². The van der Waals surface area contributed by atoms with Crippen molar-refractivity contribution in [3.05, 3.63) is 47.7 Å². The minimum absolute atomic E-state index is 0.0450. The molecule has 1 atom stereocenters. The number of ether oxygens (including phenoxy) is 2. The largest absolute Gasteiger partial charge is 0.454 e. The second-order valence-electron chi connectivity index (χ2n) is 7.57. The van der Waals surface area contributed by atoms with Crippen LogP contribution in [0, 0.1) is 5.41 Å². The quantitative estimate of drug-likeness (QED) is 0.746. The van der Waals surface area contributed by atoms with E-state index < -0.39 is 0 Å². The Morgan fingerprint density at radius 2 is 2.15 bits per heavy atom. The predicted octanol–water partition coefficient (Wildman–Crippen LogP) is 4.02. The summed E-state index contributed by atoms with van der Waals surface area (Å²) in [4.78, 5) is 19.4. The zero-order valence-electron chi connectivity index (χ0n) is 15.7. The van der Waals surface area contributed by atoms with Crippen molar-refractivity contribution in [1.29, 1.82) is 0 Å². The minimum atomic E-state index is 0.0450. The number of thioether (sulfide) groups is 1. The number of aromatic nitrogens is 1. The Kier molecular flexibility index (Phi) is 5.00. The average Bonchev–Trinajstić information content (AvgIpc) is 3.15. The van der Waals surface area contributed by atoms with Crippen LogP contribution in [0.4, 0.5) is 0 Å². The van der Waals surface area contributed by atoms with Gasteiger partial charge in [0.05, 0.1) is 5.56 Å². The molecular formula is C21H24N2O3S. The van der Waals surface area contributed by atoms with Crippen LogP contribution in [0.3, 0.4) is 0 Å². The van der Waals surface area contributed by atoms with Gasteiger partial charge in [0, 0.05) is 19.3 Å². The number of carbonyl (C=O) groups is 1. The molecule has 1 unspecified atom stereocenters. The van der Waals surface area contributed by atoms with E-state index >= 15 is 0 Å². The number of hydrogen-bond donors (Lipinski definition) is 0. The molecule has 0 radical (unpaired) electrons. The van der Waals surface area contributed by atoms with Crippen molar-refractivity contribution in [2.24, 2.45) is 5.41 Å². The van der Waals surface area contributed by atoms with Crippen molar-refractivity contribution >= 4 is 17.7 Å². The molecule has 6 heteroatoms. The topological polar surface area (TPSA) is 51.7 Å². The number of nitrogens with zero attached hydrogens (tertiary/aromatic N) is 2. The highest BCUT2D eigenvalue weighted by molar-refractivity contribution is 7.98. The number of rotatable bonds is 4. The van der Waals surface area contributed by atoms with Gasteiger partial charge in [-0.15, -0.1) is 11.8 Å². The molecule has 2 aromatic rings. The maximum atomic E-state index is 13.1. The number of benzene rings is 1. The molecular weight excluding hydrogens is 360 g/mol. The lowest BCUT2D eigenvalue weighted by Gasteiger charge is -2.41. The lowest BCUT2D eigenvalue weighted by molar-refractivity contribution is 0.0546.